The zero-order valence-corrected chi connectivity index (χ0v) is 10.4. The highest BCUT2D eigenvalue weighted by molar-refractivity contribution is 5.89. The molecule has 1 aromatic heterocycles. The Bertz CT molecular complexity index is 648. The molecule has 0 aliphatic carbocycles. The Labute approximate surface area is 112 Å². The number of benzene rings is 1. The molecule has 1 N–H and O–H groups in total. The molecular formula is C14H10F3NO2. The van der Waals surface area contributed by atoms with Gasteiger partial charge >= 0.3 is 12.1 Å². The van der Waals surface area contributed by atoms with Crippen molar-refractivity contribution in [3.8, 4) is 11.1 Å². The Kier molecular flexibility index (Phi) is 3.48. The maximum absolute atomic E-state index is 13.0. The van der Waals surface area contributed by atoms with Crippen molar-refractivity contribution >= 4 is 5.97 Å². The third kappa shape index (κ3) is 2.79. The van der Waals surface area contributed by atoms with E-state index in [2.05, 4.69) is 4.98 Å². The van der Waals surface area contributed by atoms with E-state index in [4.69, 9.17) is 5.11 Å². The summed E-state index contributed by atoms with van der Waals surface area (Å²) in [6.07, 6.45) is -3.30. The number of aryl methyl sites for hydroxylation is 1. The average molecular weight is 281 g/mol. The minimum atomic E-state index is -4.63. The van der Waals surface area contributed by atoms with E-state index in [1.165, 1.54) is 12.3 Å². The Hall–Kier alpha value is -2.37. The van der Waals surface area contributed by atoms with Gasteiger partial charge in [0.15, 0.2) is 0 Å². The molecule has 0 fully saturated rings. The highest BCUT2D eigenvalue weighted by atomic mass is 19.4. The predicted molar refractivity (Wildman–Crippen MR) is 66.4 cm³/mol. The van der Waals surface area contributed by atoms with Crippen LogP contribution in [0.3, 0.4) is 0 Å². The highest BCUT2D eigenvalue weighted by Crippen LogP contribution is 2.37. The summed E-state index contributed by atoms with van der Waals surface area (Å²) in [6.45, 7) is 1.72. The van der Waals surface area contributed by atoms with Crippen molar-refractivity contribution in [1.82, 2.24) is 4.98 Å². The van der Waals surface area contributed by atoms with Gasteiger partial charge in [-0.2, -0.15) is 13.2 Å². The Morgan fingerprint density at radius 3 is 2.40 bits per heavy atom. The third-order valence-electron chi connectivity index (χ3n) is 2.79. The second-order valence-electron chi connectivity index (χ2n) is 4.25. The minimum Gasteiger partial charge on any atom is -0.478 e. The van der Waals surface area contributed by atoms with E-state index >= 15 is 0 Å². The van der Waals surface area contributed by atoms with Crippen LogP contribution in [0.15, 0.2) is 36.5 Å². The summed E-state index contributed by atoms with van der Waals surface area (Å²) < 4.78 is 39.1. The first-order valence-electron chi connectivity index (χ1n) is 5.66. The number of pyridine rings is 1. The molecule has 0 aliphatic rings. The quantitative estimate of drug-likeness (QED) is 0.911. The molecule has 0 saturated heterocycles. The molecule has 0 radical (unpaired) electrons. The lowest BCUT2D eigenvalue weighted by Crippen LogP contribution is -2.09. The molecule has 0 unspecified atom stereocenters. The molecule has 6 heteroatoms. The van der Waals surface area contributed by atoms with Gasteiger partial charge < -0.3 is 5.11 Å². The van der Waals surface area contributed by atoms with Gasteiger partial charge in [-0.3, -0.25) is 4.98 Å². The number of rotatable bonds is 2. The predicted octanol–water partition coefficient (Wildman–Crippen LogP) is 3.77. The lowest BCUT2D eigenvalue weighted by atomic mass is 9.98. The van der Waals surface area contributed by atoms with Crippen LogP contribution in [-0.4, -0.2) is 16.1 Å². The zero-order chi connectivity index (χ0) is 14.9. The van der Waals surface area contributed by atoms with E-state index in [1.807, 2.05) is 0 Å². The number of halogens is 3. The van der Waals surface area contributed by atoms with E-state index < -0.39 is 23.3 Å². The van der Waals surface area contributed by atoms with Gasteiger partial charge in [-0.05, 0) is 30.7 Å². The maximum Gasteiger partial charge on any atom is 0.417 e. The van der Waals surface area contributed by atoms with Crippen LogP contribution in [0.2, 0.25) is 0 Å². The van der Waals surface area contributed by atoms with E-state index in [0.717, 1.165) is 12.1 Å². The molecule has 20 heavy (non-hydrogen) atoms. The summed E-state index contributed by atoms with van der Waals surface area (Å²) in [4.78, 5) is 14.7. The zero-order valence-electron chi connectivity index (χ0n) is 10.4. The average Bonchev–Trinajstić information content (AvgIpc) is 2.38. The van der Waals surface area contributed by atoms with Crippen LogP contribution >= 0.6 is 0 Å². The fourth-order valence-electron chi connectivity index (χ4n) is 1.79. The van der Waals surface area contributed by atoms with Crippen molar-refractivity contribution < 1.29 is 23.1 Å². The molecule has 1 aromatic carbocycles. The first-order valence-corrected chi connectivity index (χ1v) is 5.66. The first-order chi connectivity index (χ1) is 9.29. The summed E-state index contributed by atoms with van der Waals surface area (Å²) in [5.74, 6) is -1.40. The third-order valence-corrected chi connectivity index (χ3v) is 2.79. The molecule has 0 saturated carbocycles. The van der Waals surface area contributed by atoms with E-state index in [-0.39, 0.29) is 5.56 Å². The largest absolute Gasteiger partial charge is 0.478 e. The SMILES string of the molecule is Cc1ccc(-c2ccc(C(=O)O)cc2C(F)(F)F)cn1. The molecule has 2 rings (SSSR count). The van der Waals surface area contributed by atoms with Gasteiger partial charge in [-0.15, -0.1) is 0 Å². The van der Waals surface area contributed by atoms with Crippen LogP contribution in [0.4, 0.5) is 13.2 Å². The lowest BCUT2D eigenvalue weighted by Gasteiger charge is -2.13. The van der Waals surface area contributed by atoms with Gasteiger partial charge in [-0.1, -0.05) is 12.1 Å². The molecule has 3 nitrogen and oxygen atoms in total. The number of aromatic carboxylic acids is 1. The van der Waals surface area contributed by atoms with E-state index in [1.54, 1.807) is 13.0 Å². The molecule has 0 bridgehead atoms. The molecule has 0 amide bonds. The van der Waals surface area contributed by atoms with Gasteiger partial charge in [0.2, 0.25) is 0 Å². The smallest absolute Gasteiger partial charge is 0.417 e. The van der Waals surface area contributed by atoms with Crippen molar-refractivity contribution in [3.63, 3.8) is 0 Å². The van der Waals surface area contributed by atoms with Crippen LogP contribution in [0, 0.1) is 6.92 Å². The molecule has 0 spiro atoms. The Balaban J connectivity index is 2.63. The molecule has 0 aliphatic heterocycles. The maximum atomic E-state index is 13.0. The summed E-state index contributed by atoms with van der Waals surface area (Å²) >= 11 is 0. The van der Waals surface area contributed by atoms with Crippen molar-refractivity contribution in [2.45, 2.75) is 13.1 Å². The second kappa shape index (κ2) is 4.96. The monoisotopic (exact) mass is 281 g/mol. The number of carboxylic acids is 1. The topological polar surface area (TPSA) is 50.2 Å². The summed E-state index contributed by atoms with van der Waals surface area (Å²) in [5.41, 5.74) is -0.497. The normalized spacial score (nSPS) is 11.4. The molecular weight excluding hydrogens is 271 g/mol. The van der Waals surface area contributed by atoms with E-state index in [9.17, 15) is 18.0 Å². The van der Waals surface area contributed by atoms with Gasteiger partial charge in [-0.25, -0.2) is 4.79 Å². The van der Waals surface area contributed by atoms with Gasteiger partial charge in [0, 0.05) is 17.5 Å². The van der Waals surface area contributed by atoms with Gasteiger partial charge in [0.1, 0.15) is 0 Å². The van der Waals surface area contributed by atoms with Crippen LogP contribution in [0.5, 0.6) is 0 Å². The number of carbonyl (C=O) groups is 1. The van der Waals surface area contributed by atoms with Gasteiger partial charge in [0.25, 0.3) is 0 Å². The number of carboxylic acid groups (broad SMARTS) is 1. The number of alkyl halides is 3. The summed E-state index contributed by atoms with van der Waals surface area (Å²) in [6, 6.07) is 6.05. The number of nitrogens with zero attached hydrogens (tertiary/aromatic N) is 1. The molecule has 104 valence electrons. The molecule has 0 atom stereocenters. The van der Waals surface area contributed by atoms with Crippen molar-refractivity contribution in [1.29, 1.82) is 0 Å². The highest BCUT2D eigenvalue weighted by Gasteiger charge is 2.34. The van der Waals surface area contributed by atoms with Crippen LogP contribution in [-0.2, 0) is 6.18 Å². The van der Waals surface area contributed by atoms with E-state index in [0.29, 0.717) is 17.3 Å². The summed E-state index contributed by atoms with van der Waals surface area (Å²) in [5, 5.41) is 8.79. The fraction of sp³-hybridized carbons (Fsp3) is 0.143. The van der Waals surface area contributed by atoms with Crippen molar-refractivity contribution in [2.24, 2.45) is 0 Å². The lowest BCUT2D eigenvalue weighted by molar-refractivity contribution is -0.137. The van der Waals surface area contributed by atoms with Gasteiger partial charge in [0.05, 0.1) is 11.1 Å². The standard InChI is InChI=1S/C14H10F3NO2/c1-8-2-3-10(7-18-8)11-5-4-9(13(19)20)6-12(11)14(15,16)17/h2-7H,1H3,(H,19,20). The molecule has 1 heterocycles. The fourth-order valence-corrected chi connectivity index (χ4v) is 1.79. The Morgan fingerprint density at radius 1 is 1.20 bits per heavy atom. The Morgan fingerprint density at radius 2 is 1.90 bits per heavy atom. The minimum absolute atomic E-state index is 0.0880. The first kappa shape index (κ1) is 14.0. The van der Waals surface area contributed by atoms with Crippen LogP contribution < -0.4 is 0 Å². The molecule has 2 aromatic rings. The second-order valence-corrected chi connectivity index (χ2v) is 4.25. The van der Waals surface area contributed by atoms with Crippen LogP contribution in [0.25, 0.3) is 11.1 Å². The number of aromatic nitrogens is 1. The van der Waals surface area contributed by atoms with Crippen molar-refractivity contribution in [2.75, 3.05) is 0 Å². The number of hydrogen-bond donors (Lipinski definition) is 1. The number of hydrogen-bond acceptors (Lipinski definition) is 2. The summed E-state index contributed by atoms with van der Waals surface area (Å²) in [7, 11) is 0. The van der Waals surface area contributed by atoms with Crippen molar-refractivity contribution in [3.05, 3.63) is 53.3 Å². The van der Waals surface area contributed by atoms with Crippen LogP contribution in [0.1, 0.15) is 21.6 Å².